The van der Waals surface area contributed by atoms with Crippen LogP contribution in [0.25, 0.3) is 0 Å². The Balaban J connectivity index is 2.20. The maximum atomic E-state index is 12.0. The lowest BCUT2D eigenvalue weighted by Gasteiger charge is -2.16. The lowest BCUT2D eigenvalue weighted by molar-refractivity contribution is 0.546. The highest BCUT2D eigenvalue weighted by Crippen LogP contribution is 2.31. The van der Waals surface area contributed by atoms with Crippen LogP contribution in [0.4, 0.5) is 0 Å². The Morgan fingerprint density at radius 1 is 1.50 bits per heavy atom. The molecule has 2 rings (SSSR count). The summed E-state index contributed by atoms with van der Waals surface area (Å²) in [5.41, 5.74) is 2.23. The van der Waals surface area contributed by atoms with E-state index in [1.807, 2.05) is 30.3 Å². The molecule has 1 aromatic rings. The number of benzene rings is 1. The van der Waals surface area contributed by atoms with Crippen molar-refractivity contribution >= 4 is 10.0 Å². The SMILES string of the molecule is CCC(C#N)S(=O)(=O)NC1CCc2ccccc21. The van der Waals surface area contributed by atoms with Gasteiger partial charge in [0, 0.05) is 6.04 Å². The predicted octanol–water partition coefficient (Wildman–Crippen LogP) is 1.90. The molecule has 96 valence electrons. The highest BCUT2D eigenvalue weighted by Gasteiger charge is 2.30. The van der Waals surface area contributed by atoms with E-state index in [0.717, 1.165) is 18.4 Å². The first kappa shape index (κ1) is 13.1. The molecule has 5 heteroatoms. The summed E-state index contributed by atoms with van der Waals surface area (Å²) >= 11 is 0. The quantitative estimate of drug-likeness (QED) is 0.902. The van der Waals surface area contributed by atoms with Crippen LogP contribution in [-0.2, 0) is 16.4 Å². The Morgan fingerprint density at radius 3 is 2.89 bits per heavy atom. The van der Waals surface area contributed by atoms with Crippen molar-refractivity contribution in [3.63, 3.8) is 0 Å². The minimum atomic E-state index is -3.56. The fourth-order valence-electron chi connectivity index (χ4n) is 2.34. The van der Waals surface area contributed by atoms with Crippen molar-refractivity contribution in [2.75, 3.05) is 0 Å². The van der Waals surface area contributed by atoms with Crippen LogP contribution in [0.15, 0.2) is 24.3 Å². The third-order valence-corrected chi connectivity index (χ3v) is 5.13. The van der Waals surface area contributed by atoms with Gasteiger partial charge in [-0.2, -0.15) is 5.26 Å². The topological polar surface area (TPSA) is 70.0 Å². The number of sulfonamides is 1. The van der Waals surface area contributed by atoms with E-state index in [0.29, 0.717) is 6.42 Å². The molecule has 0 amide bonds. The van der Waals surface area contributed by atoms with Gasteiger partial charge in [0.05, 0.1) is 6.07 Å². The predicted molar refractivity (Wildman–Crippen MR) is 69.3 cm³/mol. The number of nitriles is 1. The zero-order valence-corrected chi connectivity index (χ0v) is 11.1. The highest BCUT2D eigenvalue weighted by molar-refractivity contribution is 7.90. The van der Waals surface area contributed by atoms with Gasteiger partial charge in [-0.15, -0.1) is 0 Å². The molecule has 18 heavy (non-hydrogen) atoms. The molecule has 0 fully saturated rings. The van der Waals surface area contributed by atoms with E-state index < -0.39 is 15.3 Å². The molecule has 0 radical (unpaired) electrons. The molecule has 0 aromatic heterocycles. The summed E-state index contributed by atoms with van der Waals surface area (Å²) in [4.78, 5) is 0. The maximum absolute atomic E-state index is 12.0. The van der Waals surface area contributed by atoms with E-state index in [1.165, 1.54) is 5.56 Å². The van der Waals surface area contributed by atoms with Crippen molar-refractivity contribution in [3.05, 3.63) is 35.4 Å². The Hall–Kier alpha value is -1.38. The van der Waals surface area contributed by atoms with E-state index in [1.54, 1.807) is 6.92 Å². The maximum Gasteiger partial charge on any atom is 0.228 e. The van der Waals surface area contributed by atoms with E-state index in [4.69, 9.17) is 5.26 Å². The van der Waals surface area contributed by atoms with E-state index in [-0.39, 0.29) is 6.04 Å². The first-order valence-electron chi connectivity index (χ1n) is 6.07. The van der Waals surface area contributed by atoms with E-state index in [2.05, 4.69) is 4.72 Å². The monoisotopic (exact) mass is 264 g/mol. The van der Waals surface area contributed by atoms with Crippen molar-refractivity contribution < 1.29 is 8.42 Å². The average Bonchev–Trinajstić information content (AvgIpc) is 2.73. The van der Waals surface area contributed by atoms with Gasteiger partial charge in [-0.05, 0) is 30.4 Å². The van der Waals surface area contributed by atoms with Gasteiger partial charge in [-0.3, -0.25) is 0 Å². The largest absolute Gasteiger partial charge is 0.228 e. The summed E-state index contributed by atoms with van der Waals surface area (Å²) in [6.45, 7) is 1.70. The van der Waals surface area contributed by atoms with Crippen LogP contribution >= 0.6 is 0 Å². The van der Waals surface area contributed by atoms with Gasteiger partial charge in [0.15, 0.2) is 5.25 Å². The van der Waals surface area contributed by atoms with Gasteiger partial charge < -0.3 is 0 Å². The molecule has 1 aliphatic carbocycles. The lowest BCUT2D eigenvalue weighted by atomic mass is 10.1. The molecule has 0 saturated carbocycles. The molecular formula is C13H16N2O2S. The van der Waals surface area contributed by atoms with Crippen LogP contribution in [0.3, 0.4) is 0 Å². The smallest absolute Gasteiger partial charge is 0.211 e. The minimum absolute atomic E-state index is 0.186. The normalized spacial score (nSPS) is 20.1. The summed E-state index contributed by atoms with van der Waals surface area (Å²) in [5.74, 6) is 0. The van der Waals surface area contributed by atoms with Gasteiger partial charge in [-0.1, -0.05) is 31.2 Å². The number of fused-ring (bicyclic) bond motifs is 1. The Bertz CT molecular complexity index is 575. The van der Waals surface area contributed by atoms with Gasteiger partial charge in [0.1, 0.15) is 0 Å². The van der Waals surface area contributed by atoms with Crippen molar-refractivity contribution in [2.45, 2.75) is 37.5 Å². The molecule has 2 unspecified atom stereocenters. The van der Waals surface area contributed by atoms with Crippen LogP contribution in [0.2, 0.25) is 0 Å². The van der Waals surface area contributed by atoms with Crippen molar-refractivity contribution in [1.82, 2.24) is 4.72 Å². The minimum Gasteiger partial charge on any atom is -0.211 e. The van der Waals surface area contributed by atoms with Crippen LogP contribution in [0, 0.1) is 11.3 Å². The number of hydrogen-bond donors (Lipinski definition) is 1. The second-order valence-corrected chi connectivity index (χ2v) is 6.37. The molecule has 0 bridgehead atoms. The van der Waals surface area contributed by atoms with Gasteiger partial charge in [0.2, 0.25) is 10.0 Å². The molecule has 2 atom stereocenters. The summed E-state index contributed by atoms with van der Waals surface area (Å²) < 4.78 is 26.7. The van der Waals surface area contributed by atoms with Crippen molar-refractivity contribution in [1.29, 1.82) is 5.26 Å². The number of nitrogens with one attached hydrogen (secondary N) is 1. The highest BCUT2D eigenvalue weighted by atomic mass is 32.2. The summed E-state index contributed by atoms with van der Waals surface area (Å²) in [6, 6.07) is 9.49. The zero-order chi connectivity index (χ0) is 13.2. The van der Waals surface area contributed by atoms with Crippen molar-refractivity contribution in [2.24, 2.45) is 0 Å². The lowest BCUT2D eigenvalue weighted by Crippen LogP contribution is -2.35. The Morgan fingerprint density at radius 2 is 2.22 bits per heavy atom. The molecule has 0 aliphatic heterocycles. The molecular weight excluding hydrogens is 248 g/mol. The second kappa shape index (κ2) is 5.09. The van der Waals surface area contributed by atoms with Crippen molar-refractivity contribution in [3.8, 4) is 6.07 Å². The van der Waals surface area contributed by atoms with Gasteiger partial charge in [0.25, 0.3) is 0 Å². The van der Waals surface area contributed by atoms with Gasteiger partial charge in [-0.25, -0.2) is 13.1 Å². The summed E-state index contributed by atoms with van der Waals surface area (Å²) in [6.07, 6.45) is 1.95. The van der Waals surface area contributed by atoms with E-state index in [9.17, 15) is 8.42 Å². The molecule has 1 aliphatic rings. The number of hydrogen-bond acceptors (Lipinski definition) is 3. The number of aryl methyl sites for hydroxylation is 1. The molecule has 1 aromatic carbocycles. The summed E-state index contributed by atoms with van der Waals surface area (Å²) in [5, 5.41) is 7.89. The van der Waals surface area contributed by atoms with E-state index >= 15 is 0 Å². The number of nitrogens with zero attached hydrogens (tertiary/aromatic N) is 1. The average molecular weight is 264 g/mol. The molecule has 0 heterocycles. The third kappa shape index (κ3) is 2.40. The first-order valence-corrected chi connectivity index (χ1v) is 7.61. The molecule has 0 spiro atoms. The standard InChI is InChI=1S/C13H16N2O2S/c1-2-11(9-14)18(16,17)15-13-8-7-10-5-3-4-6-12(10)13/h3-6,11,13,15H,2,7-8H2,1H3. The fourth-order valence-corrected chi connectivity index (χ4v) is 3.72. The zero-order valence-electron chi connectivity index (χ0n) is 10.3. The van der Waals surface area contributed by atoms with Gasteiger partial charge >= 0.3 is 0 Å². The second-order valence-electron chi connectivity index (χ2n) is 4.48. The molecule has 0 saturated heterocycles. The molecule has 4 nitrogen and oxygen atoms in total. The van der Waals surface area contributed by atoms with Crippen LogP contribution < -0.4 is 4.72 Å². The number of rotatable bonds is 4. The third-order valence-electron chi connectivity index (χ3n) is 3.33. The Kier molecular flexibility index (Phi) is 3.69. The Labute approximate surface area is 108 Å². The first-order chi connectivity index (χ1) is 8.58. The van der Waals surface area contributed by atoms with Crippen LogP contribution in [-0.4, -0.2) is 13.7 Å². The van der Waals surface area contributed by atoms with Crippen LogP contribution in [0.1, 0.15) is 36.9 Å². The molecule has 1 N–H and O–H groups in total. The summed E-state index contributed by atoms with van der Waals surface area (Å²) in [7, 11) is -3.56. The fraction of sp³-hybridized carbons (Fsp3) is 0.462. The van der Waals surface area contributed by atoms with Crippen LogP contribution in [0.5, 0.6) is 0 Å².